The highest BCUT2D eigenvalue weighted by Gasteiger charge is 2.32. The van der Waals surface area contributed by atoms with Crippen molar-refractivity contribution in [2.75, 3.05) is 0 Å². The van der Waals surface area contributed by atoms with Gasteiger partial charge >= 0.3 is 0 Å². The number of rotatable bonds is 11. The number of amides is 2. The number of ketones is 1. The van der Waals surface area contributed by atoms with Crippen LogP contribution in [0.3, 0.4) is 0 Å². The third kappa shape index (κ3) is 9.15. The van der Waals surface area contributed by atoms with Crippen LogP contribution >= 0.6 is 0 Å². The lowest BCUT2D eigenvalue weighted by molar-refractivity contribution is -0.131. The fraction of sp³-hybridized carbons (Fsp3) is 0.741. The first kappa shape index (κ1) is 27.9. The van der Waals surface area contributed by atoms with E-state index >= 15 is 0 Å². The first-order valence-electron chi connectivity index (χ1n) is 13.0. The molecule has 0 aromatic carbocycles. The SMILES string of the molecule is CC1CCCCC(C(=O)C(NC(=O)CCCCC(C)(C)NC(=O)C2C=CC(O)=CN2)C(C)C)C1. The molecule has 34 heavy (non-hydrogen) atoms. The van der Waals surface area contributed by atoms with Gasteiger partial charge in [-0.05, 0) is 63.5 Å². The number of dihydropyridines is 1. The number of hydrogen-bond acceptors (Lipinski definition) is 5. The Morgan fingerprint density at radius 3 is 2.53 bits per heavy atom. The van der Waals surface area contributed by atoms with Crippen molar-refractivity contribution < 1.29 is 19.5 Å². The summed E-state index contributed by atoms with van der Waals surface area (Å²) < 4.78 is 0. The quantitative estimate of drug-likeness (QED) is 0.263. The van der Waals surface area contributed by atoms with Gasteiger partial charge in [-0.25, -0.2) is 0 Å². The second kappa shape index (κ2) is 13.0. The van der Waals surface area contributed by atoms with Crippen molar-refractivity contribution in [2.24, 2.45) is 17.8 Å². The highest BCUT2D eigenvalue weighted by molar-refractivity contribution is 5.90. The predicted molar refractivity (Wildman–Crippen MR) is 135 cm³/mol. The summed E-state index contributed by atoms with van der Waals surface area (Å²) in [7, 11) is 0. The van der Waals surface area contributed by atoms with Gasteiger partial charge in [-0.2, -0.15) is 0 Å². The van der Waals surface area contributed by atoms with Gasteiger partial charge in [-0.15, -0.1) is 0 Å². The molecule has 0 aromatic rings. The molecule has 2 rings (SSSR count). The molecule has 0 bridgehead atoms. The average molecular weight is 476 g/mol. The number of unbranched alkanes of at least 4 members (excludes halogenated alkanes) is 1. The average Bonchev–Trinajstić information content (AvgIpc) is 2.99. The van der Waals surface area contributed by atoms with Crippen LogP contribution in [0.5, 0.6) is 0 Å². The summed E-state index contributed by atoms with van der Waals surface area (Å²) >= 11 is 0. The Morgan fingerprint density at radius 1 is 1.18 bits per heavy atom. The smallest absolute Gasteiger partial charge is 0.246 e. The Bertz CT molecular complexity index is 772. The standard InChI is InChI=1S/C27H45N3O4/c1-18(2)24(25(33)20-11-7-6-10-19(3)16-20)29-23(32)12-8-9-15-27(4,5)30-26(34)22-14-13-21(31)17-28-22/h13-14,17-20,22,24,28,31H,6-12,15-16H2,1-5H3,(H,29,32)(H,30,34). The molecule has 2 amide bonds. The molecule has 1 saturated carbocycles. The fourth-order valence-corrected chi connectivity index (χ4v) is 4.89. The zero-order chi connectivity index (χ0) is 25.3. The lowest BCUT2D eigenvalue weighted by Crippen LogP contribution is -2.51. The van der Waals surface area contributed by atoms with E-state index in [4.69, 9.17) is 0 Å². The monoisotopic (exact) mass is 475 g/mol. The molecular weight excluding hydrogens is 430 g/mol. The molecule has 1 fully saturated rings. The van der Waals surface area contributed by atoms with E-state index < -0.39 is 17.6 Å². The van der Waals surface area contributed by atoms with E-state index in [0.29, 0.717) is 18.8 Å². The zero-order valence-corrected chi connectivity index (χ0v) is 21.7. The zero-order valence-electron chi connectivity index (χ0n) is 21.7. The molecule has 1 aliphatic heterocycles. The Labute approximate surface area is 205 Å². The van der Waals surface area contributed by atoms with Gasteiger partial charge in [0.25, 0.3) is 0 Å². The van der Waals surface area contributed by atoms with E-state index in [9.17, 15) is 19.5 Å². The van der Waals surface area contributed by atoms with Crippen LogP contribution in [0.25, 0.3) is 0 Å². The molecule has 1 heterocycles. The van der Waals surface area contributed by atoms with Gasteiger partial charge in [-0.3, -0.25) is 14.4 Å². The minimum Gasteiger partial charge on any atom is -0.506 e. The number of hydrogen-bond donors (Lipinski definition) is 4. The van der Waals surface area contributed by atoms with E-state index in [2.05, 4.69) is 22.9 Å². The van der Waals surface area contributed by atoms with Crippen molar-refractivity contribution in [3.63, 3.8) is 0 Å². The molecule has 0 aromatic heterocycles. The van der Waals surface area contributed by atoms with Gasteiger partial charge < -0.3 is 21.1 Å². The highest BCUT2D eigenvalue weighted by atomic mass is 16.3. The molecular formula is C27H45N3O4. The Kier molecular flexibility index (Phi) is 10.6. The summed E-state index contributed by atoms with van der Waals surface area (Å²) in [5.41, 5.74) is -0.418. The molecule has 4 N–H and O–H groups in total. The summed E-state index contributed by atoms with van der Waals surface area (Å²) in [5.74, 6) is 0.761. The maximum absolute atomic E-state index is 13.2. The van der Waals surface area contributed by atoms with Crippen LogP contribution in [0.4, 0.5) is 0 Å². The molecule has 4 atom stereocenters. The van der Waals surface area contributed by atoms with Crippen molar-refractivity contribution in [3.8, 4) is 0 Å². The maximum Gasteiger partial charge on any atom is 0.246 e. The van der Waals surface area contributed by atoms with Crippen LogP contribution in [0.2, 0.25) is 0 Å². The molecule has 0 radical (unpaired) electrons. The molecule has 1 aliphatic carbocycles. The Balaban J connectivity index is 1.75. The van der Waals surface area contributed by atoms with E-state index in [0.717, 1.165) is 32.1 Å². The van der Waals surface area contributed by atoms with Crippen LogP contribution in [0.15, 0.2) is 24.1 Å². The first-order chi connectivity index (χ1) is 16.0. The molecule has 192 valence electrons. The summed E-state index contributed by atoms with van der Waals surface area (Å²) in [4.78, 5) is 38.3. The molecule has 2 aliphatic rings. The number of aliphatic hydroxyl groups excluding tert-OH is 1. The number of carbonyl (C=O) groups excluding carboxylic acids is 3. The minimum absolute atomic E-state index is 0.0579. The number of nitrogens with one attached hydrogen (secondary N) is 3. The van der Waals surface area contributed by atoms with Crippen LogP contribution < -0.4 is 16.0 Å². The van der Waals surface area contributed by atoms with Gasteiger partial charge in [0.2, 0.25) is 11.8 Å². The van der Waals surface area contributed by atoms with E-state index in [1.807, 2.05) is 27.7 Å². The van der Waals surface area contributed by atoms with Gasteiger partial charge in [0.1, 0.15) is 11.8 Å². The third-order valence-corrected chi connectivity index (χ3v) is 6.95. The normalized spacial score (nSPS) is 23.9. The predicted octanol–water partition coefficient (Wildman–Crippen LogP) is 4.30. The van der Waals surface area contributed by atoms with Gasteiger partial charge in [0.05, 0.1) is 6.04 Å². The highest BCUT2D eigenvalue weighted by Crippen LogP contribution is 2.29. The van der Waals surface area contributed by atoms with Crippen molar-refractivity contribution >= 4 is 17.6 Å². The maximum atomic E-state index is 13.2. The van der Waals surface area contributed by atoms with Crippen molar-refractivity contribution in [1.29, 1.82) is 0 Å². The van der Waals surface area contributed by atoms with Crippen LogP contribution in [-0.2, 0) is 14.4 Å². The Morgan fingerprint density at radius 2 is 1.88 bits per heavy atom. The van der Waals surface area contributed by atoms with Crippen molar-refractivity contribution in [3.05, 3.63) is 24.1 Å². The fourth-order valence-electron chi connectivity index (χ4n) is 4.89. The van der Waals surface area contributed by atoms with E-state index in [1.54, 1.807) is 6.08 Å². The molecule has 7 heteroatoms. The van der Waals surface area contributed by atoms with Gasteiger partial charge in [0, 0.05) is 24.1 Å². The first-order valence-corrected chi connectivity index (χ1v) is 13.0. The number of Topliss-reactive ketones (excluding diaryl/α,β-unsaturated/α-hetero) is 1. The summed E-state index contributed by atoms with van der Waals surface area (Å²) in [5, 5.41) is 18.3. The third-order valence-electron chi connectivity index (χ3n) is 6.95. The lowest BCUT2D eigenvalue weighted by Gasteiger charge is -2.29. The molecule has 0 saturated heterocycles. The van der Waals surface area contributed by atoms with Crippen LogP contribution in [0, 0.1) is 17.8 Å². The Hall–Kier alpha value is -2.31. The number of aliphatic hydroxyl groups is 1. The topological polar surface area (TPSA) is 108 Å². The molecule has 0 spiro atoms. The van der Waals surface area contributed by atoms with Gasteiger partial charge in [0.15, 0.2) is 5.78 Å². The largest absolute Gasteiger partial charge is 0.506 e. The van der Waals surface area contributed by atoms with Crippen molar-refractivity contribution in [1.82, 2.24) is 16.0 Å². The summed E-state index contributed by atoms with van der Waals surface area (Å²) in [6.07, 6.45) is 12.5. The number of carbonyl (C=O) groups is 3. The second-order valence-corrected chi connectivity index (χ2v) is 11.2. The molecule has 7 nitrogen and oxygen atoms in total. The van der Waals surface area contributed by atoms with E-state index in [-0.39, 0.29) is 35.2 Å². The van der Waals surface area contributed by atoms with Gasteiger partial charge in [-0.1, -0.05) is 46.5 Å². The summed E-state index contributed by atoms with van der Waals surface area (Å²) in [6, 6.07) is -0.925. The lowest BCUT2D eigenvalue weighted by atomic mass is 9.84. The second-order valence-electron chi connectivity index (χ2n) is 11.2. The van der Waals surface area contributed by atoms with Crippen molar-refractivity contribution in [2.45, 2.75) is 110 Å². The van der Waals surface area contributed by atoms with Crippen LogP contribution in [0.1, 0.15) is 92.4 Å². The molecule has 4 unspecified atom stereocenters. The van der Waals surface area contributed by atoms with E-state index in [1.165, 1.54) is 25.1 Å². The summed E-state index contributed by atoms with van der Waals surface area (Å²) in [6.45, 7) is 10.2. The van der Waals surface area contributed by atoms with Crippen LogP contribution in [-0.4, -0.2) is 40.3 Å². The number of allylic oxidation sites excluding steroid dienone is 1. The minimum atomic E-state index is -0.511.